The van der Waals surface area contributed by atoms with Gasteiger partial charge in [-0.1, -0.05) is 56.8 Å². The zero-order chi connectivity index (χ0) is 13.2. The summed E-state index contributed by atoms with van der Waals surface area (Å²) in [6.07, 6.45) is 7.20. The number of rotatable bonds is 5. The van der Waals surface area contributed by atoms with Crippen LogP contribution in [0.3, 0.4) is 0 Å². The summed E-state index contributed by atoms with van der Waals surface area (Å²) < 4.78 is 0. The fourth-order valence-corrected chi connectivity index (χ4v) is 3.73. The van der Waals surface area contributed by atoms with Gasteiger partial charge in [0.15, 0.2) is 0 Å². The normalized spacial score (nSPS) is 26.3. The predicted molar refractivity (Wildman–Crippen MR) is 79.0 cm³/mol. The Morgan fingerprint density at radius 3 is 2.67 bits per heavy atom. The van der Waals surface area contributed by atoms with Crippen molar-refractivity contribution in [3.05, 3.63) is 34.3 Å². The van der Waals surface area contributed by atoms with Crippen molar-refractivity contribution in [3.63, 3.8) is 0 Å². The van der Waals surface area contributed by atoms with Crippen LogP contribution in [0.15, 0.2) is 18.2 Å². The summed E-state index contributed by atoms with van der Waals surface area (Å²) in [6, 6.07) is 6.35. The Hall–Kier alpha value is -0.530. The van der Waals surface area contributed by atoms with E-state index in [1.165, 1.54) is 43.2 Å². The molecule has 0 bridgehead atoms. The summed E-state index contributed by atoms with van der Waals surface area (Å²) in [4.78, 5) is 0. The van der Waals surface area contributed by atoms with Gasteiger partial charge in [0.05, 0.1) is 0 Å². The largest absolute Gasteiger partial charge is 0.323 e. The lowest BCUT2D eigenvalue weighted by Crippen LogP contribution is -2.31. The standard InChI is InChI=1S/C16H24ClN/c1-3-5-10-16(9-4-2)11-13-12(15(16)18)7-6-8-14(13)17/h6-8,15H,3-5,9-11,18H2,1-2H3. The third-order valence-corrected chi connectivity index (χ3v) is 4.81. The van der Waals surface area contributed by atoms with Crippen molar-refractivity contribution in [2.75, 3.05) is 0 Å². The van der Waals surface area contributed by atoms with E-state index in [-0.39, 0.29) is 11.5 Å². The van der Waals surface area contributed by atoms with E-state index in [0.29, 0.717) is 0 Å². The van der Waals surface area contributed by atoms with Crippen LogP contribution in [-0.4, -0.2) is 0 Å². The highest BCUT2D eigenvalue weighted by molar-refractivity contribution is 6.31. The number of halogens is 1. The fraction of sp³-hybridized carbons (Fsp3) is 0.625. The van der Waals surface area contributed by atoms with Gasteiger partial charge in [0, 0.05) is 11.1 Å². The molecule has 0 spiro atoms. The molecule has 1 aliphatic rings. The highest BCUT2D eigenvalue weighted by Gasteiger charge is 2.43. The monoisotopic (exact) mass is 265 g/mol. The third-order valence-electron chi connectivity index (χ3n) is 4.45. The van der Waals surface area contributed by atoms with Gasteiger partial charge in [-0.2, -0.15) is 0 Å². The lowest BCUT2D eigenvalue weighted by atomic mass is 9.73. The molecule has 2 unspecified atom stereocenters. The highest BCUT2D eigenvalue weighted by atomic mass is 35.5. The van der Waals surface area contributed by atoms with Crippen LogP contribution in [0, 0.1) is 5.41 Å². The van der Waals surface area contributed by atoms with E-state index in [4.69, 9.17) is 17.3 Å². The second-order valence-corrected chi connectivity index (χ2v) is 6.09. The Balaban J connectivity index is 2.32. The molecule has 0 aromatic heterocycles. The number of benzene rings is 1. The van der Waals surface area contributed by atoms with Crippen LogP contribution in [0.1, 0.15) is 63.1 Å². The minimum atomic E-state index is 0.165. The van der Waals surface area contributed by atoms with Gasteiger partial charge in [-0.25, -0.2) is 0 Å². The average Bonchev–Trinajstić information content (AvgIpc) is 2.64. The van der Waals surface area contributed by atoms with Gasteiger partial charge in [0.2, 0.25) is 0 Å². The number of hydrogen-bond acceptors (Lipinski definition) is 1. The zero-order valence-corrected chi connectivity index (χ0v) is 12.3. The summed E-state index contributed by atoms with van der Waals surface area (Å²) in [6.45, 7) is 4.51. The molecular weight excluding hydrogens is 242 g/mol. The van der Waals surface area contributed by atoms with Crippen LogP contribution in [0.5, 0.6) is 0 Å². The van der Waals surface area contributed by atoms with E-state index < -0.39 is 0 Å². The maximum Gasteiger partial charge on any atom is 0.0441 e. The van der Waals surface area contributed by atoms with Crippen LogP contribution in [-0.2, 0) is 6.42 Å². The molecule has 0 amide bonds. The molecule has 0 saturated carbocycles. The topological polar surface area (TPSA) is 26.0 Å². The summed E-state index contributed by atoms with van der Waals surface area (Å²) in [5, 5.41) is 0.900. The molecule has 2 heteroatoms. The van der Waals surface area contributed by atoms with Crippen molar-refractivity contribution in [2.24, 2.45) is 11.1 Å². The van der Waals surface area contributed by atoms with E-state index in [1.54, 1.807) is 0 Å². The summed E-state index contributed by atoms with van der Waals surface area (Å²) >= 11 is 6.34. The van der Waals surface area contributed by atoms with Gasteiger partial charge in [0.25, 0.3) is 0 Å². The van der Waals surface area contributed by atoms with Gasteiger partial charge in [-0.15, -0.1) is 0 Å². The first-order chi connectivity index (χ1) is 8.64. The van der Waals surface area contributed by atoms with Crippen molar-refractivity contribution in [1.29, 1.82) is 0 Å². The average molecular weight is 266 g/mol. The highest BCUT2D eigenvalue weighted by Crippen LogP contribution is 2.51. The molecule has 18 heavy (non-hydrogen) atoms. The van der Waals surface area contributed by atoms with Gasteiger partial charge in [-0.05, 0) is 41.9 Å². The van der Waals surface area contributed by atoms with E-state index in [1.807, 2.05) is 12.1 Å². The van der Waals surface area contributed by atoms with Gasteiger partial charge >= 0.3 is 0 Å². The summed E-state index contributed by atoms with van der Waals surface area (Å²) in [7, 11) is 0. The Bertz CT molecular complexity index is 416. The number of unbranched alkanes of at least 4 members (excludes halogenated alkanes) is 1. The first-order valence-electron chi connectivity index (χ1n) is 7.17. The molecule has 100 valence electrons. The molecule has 2 rings (SSSR count). The second kappa shape index (κ2) is 5.63. The molecule has 2 atom stereocenters. The Morgan fingerprint density at radius 1 is 1.28 bits per heavy atom. The first kappa shape index (κ1) is 13.9. The molecule has 2 N–H and O–H groups in total. The van der Waals surface area contributed by atoms with E-state index in [2.05, 4.69) is 19.9 Å². The zero-order valence-electron chi connectivity index (χ0n) is 11.5. The first-order valence-corrected chi connectivity index (χ1v) is 7.55. The lowest BCUT2D eigenvalue weighted by molar-refractivity contribution is 0.197. The molecule has 1 aromatic rings. The van der Waals surface area contributed by atoms with Crippen LogP contribution >= 0.6 is 11.6 Å². The Kier molecular flexibility index (Phi) is 4.34. The van der Waals surface area contributed by atoms with Crippen LogP contribution in [0.25, 0.3) is 0 Å². The SMILES string of the molecule is CCCCC1(CCC)Cc2c(Cl)cccc2C1N. The molecule has 0 fully saturated rings. The van der Waals surface area contributed by atoms with Crippen molar-refractivity contribution in [3.8, 4) is 0 Å². The minimum absolute atomic E-state index is 0.165. The molecule has 0 heterocycles. The fourth-order valence-electron chi connectivity index (χ4n) is 3.48. The maximum absolute atomic E-state index is 6.56. The van der Waals surface area contributed by atoms with Gasteiger partial charge in [-0.3, -0.25) is 0 Å². The predicted octanol–water partition coefficient (Wildman–Crippen LogP) is 4.87. The van der Waals surface area contributed by atoms with Crippen LogP contribution in [0.4, 0.5) is 0 Å². The van der Waals surface area contributed by atoms with Gasteiger partial charge in [0.1, 0.15) is 0 Å². The second-order valence-electron chi connectivity index (χ2n) is 5.68. The summed E-state index contributed by atoms with van der Waals surface area (Å²) in [5.74, 6) is 0. The molecule has 1 nitrogen and oxygen atoms in total. The Morgan fingerprint density at radius 2 is 2.06 bits per heavy atom. The molecule has 1 aliphatic carbocycles. The van der Waals surface area contributed by atoms with Crippen molar-refractivity contribution < 1.29 is 0 Å². The molecular formula is C16H24ClN. The van der Waals surface area contributed by atoms with Crippen molar-refractivity contribution in [2.45, 2.75) is 58.4 Å². The quantitative estimate of drug-likeness (QED) is 0.807. The molecule has 1 aromatic carbocycles. The van der Waals surface area contributed by atoms with Crippen LogP contribution in [0.2, 0.25) is 5.02 Å². The van der Waals surface area contributed by atoms with Gasteiger partial charge < -0.3 is 5.73 Å². The van der Waals surface area contributed by atoms with Crippen molar-refractivity contribution >= 4 is 11.6 Å². The Labute approximate surface area is 116 Å². The maximum atomic E-state index is 6.56. The smallest absolute Gasteiger partial charge is 0.0441 e. The van der Waals surface area contributed by atoms with Crippen LogP contribution < -0.4 is 5.73 Å². The van der Waals surface area contributed by atoms with Crippen molar-refractivity contribution in [1.82, 2.24) is 0 Å². The number of nitrogens with two attached hydrogens (primary N) is 1. The summed E-state index contributed by atoms with van der Waals surface area (Å²) in [5.41, 5.74) is 9.40. The van der Waals surface area contributed by atoms with E-state index >= 15 is 0 Å². The molecule has 0 saturated heterocycles. The van der Waals surface area contributed by atoms with E-state index in [9.17, 15) is 0 Å². The number of hydrogen-bond donors (Lipinski definition) is 1. The third kappa shape index (κ3) is 2.31. The lowest BCUT2D eigenvalue weighted by Gasteiger charge is -2.34. The minimum Gasteiger partial charge on any atom is -0.323 e. The van der Waals surface area contributed by atoms with E-state index in [0.717, 1.165) is 11.4 Å². The number of fused-ring (bicyclic) bond motifs is 1. The molecule has 0 aliphatic heterocycles. The molecule has 0 radical (unpaired) electrons.